The lowest BCUT2D eigenvalue weighted by Gasteiger charge is -2.23. The van der Waals surface area contributed by atoms with E-state index < -0.39 is 10.9 Å². The number of carboxylic acid groups (broad SMARTS) is 1. The van der Waals surface area contributed by atoms with Crippen molar-refractivity contribution in [3.05, 3.63) is 116 Å². The number of carboxylic acids is 1. The van der Waals surface area contributed by atoms with Gasteiger partial charge in [-0.25, -0.2) is 4.79 Å². The summed E-state index contributed by atoms with van der Waals surface area (Å²) in [5, 5.41) is 20.5. The Balaban J connectivity index is 1.84. The molecule has 0 bridgehead atoms. The van der Waals surface area contributed by atoms with Gasteiger partial charge in [0.05, 0.1) is 21.9 Å². The highest BCUT2D eigenvalue weighted by Crippen LogP contribution is 2.37. The smallest absolute Gasteiger partial charge is 0.336 e. The fraction of sp³-hybridized carbons (Fsp3) is 0.0769. The van der Waals surface area contributed by atoms with Gasteiger partial charge in [0.25, 0.3) is 11.6 Å². The van der Waals surface area contributed by atoms with E-state index in [1.165, 1.54) is 23.1 Å². The van der Waals surface area contributed by atoms with Crippen molar-refractivity contribution in [2.75, 3.05) is 4.90 Å². The average Bonchev–Trinajstić information content (AvgIpc) is 3.10. The summed E-state index contributed by atoms with van der Waals surface area (Å²) in [6.45, 7) is 3.65. The van der Waals surface area contributed by atoms with E-state index in [1.807, 2.05) is 31.2 Å². The van der Waals surface area contributed by atoms with Gasteiger partial charge >= 0.3 is 5.97 Å². The Labute approximate surface area is 190 Å². The highest BCUT2D eigenvalue weighted by atomic mass is 16.6. The van der Waals surface area contributed by atoms with Crippen molar-refractivity contribution in [1.29, 1.82) is 0 Å². The Morgan fingerprint density at radius 3 is 2.27 bits per heavy atom. The van der Waals surface area contributed by atoms with Gasteiger partial charge in [0.15, 0.2) is 0 Å². The second-order valence-electron chi connectivity index (χ2n) is 7.74. The maximum absolute atomic E-state index is 13.5. The molecule has 0 aromatic heterocycles. The van der Waals surface area contributed by atoms with Crippen molar-refractivity contribution in [3.63, 3.8) is 0 Å². The van der Waals surface area contributed by atoms with Gasteiger partial charge in [0.1, 0.15) is 0 Å². The number of nitro benzene ring substituents is 1. The van der Waals surface area contributed by atoms with Gasteiger partial charge in [-0.05, 0) is 67.0 Å². The molecule has 0 saturated carbocycles. The zero-order valence-corrected chi connectivity index (χ0v) is 18.0. The van der Waals surface area contributed by atoms with Crippen LogP contribution in [0.2, 0.25) is 0 Å². The SMILES string of the molecule is Cc1ccc(C2=C/C(=C\c3ccc([N+](=O)[O-])cc3)C(=O)N2c2cccc(C(=O)O)c2C)cc1. The van der Waals surface area contributed by atoms with Gasteiger partial charge in [-0.2, -0.15) is 0 Å². The van der Waals surface area contributed by atoms with Gasteiger partial charge in [-0.15, -0.1) is 0 Å². The van der Waals surface area contributed by atoms with Crippen molar-refractivity contribution >= 4 is 35.0 Å². The maximum Gasteiger partial charge on any atom is 0.336 e. The van der Waals surface area contributed by atoms with Crippen LogP contribution < -0.4 is 4.90 Å². The summed E-state index contributed by atoms with van der Waals surface area (Å²) in [4.78, 5) is 37.1. The summed E-state index contributed by atoms with van der Waals surface area (Å²) < 4.78 is 0. The molecule has 33 heavy (non-hydrogen) atoms. The minimum absolute atomic E-state index is 0.0338. The third-order valence-corrected chi connectivity index (χ3v) is 5.53. The van der Waals surface area contributed by atoms with Crippen molar-refractivity contribution in [1.82, 2.24) is 0 Å². The number of rotatable bonds is 5. The van der Waals surface area contributed by atoms with Crippen LogP contribution in [0.4, 0.5) is 11.4 Å². The first kappa shape index (κ1) is 21.7. The number of aromatic carboxylic acids is 1. The van der Waals surface area contributed by atoms with Crippen molar-refractivity contribution in [2.45, 2.75) is 13.8 Å². The number of nitro groups is 1. The summed E-state index contributed by atoms with van der Waals surface area (Å²) in [7, 11) is 0. The lowest BCUT2D eigenvalue weighted by Crippen LogP contribution is -2.26. The molecule has 0 spiro atoms. The molecule has 1 N–H and O–H groups in total. The molecular formula is C26H20N2O5. The van der Waals surface area contributed by atoms with E-state index in [0.717, 1.165) is 11.1 Å². The van der Waals surface area contributed by atoms with E-state index in [2.05, 4.69) is 0 Å². The standard InChI is InChI=1S/C26H20N2O5/c1-16-6-10-19(11-7-16)24-15-20(14-18-8-12-21(13-9-18)28(32)33)25(29)27(24)23-5-3-4-22(17(23)2)26(30)31/h3-15H,1-2H3,(H,30,31)/b20-14+. The first-order valence-electron chi connectivity index (χ1n) is 10.2. The summed E-state index contributed by atoms with van der Waals surface area (Å²) in [5.41, 5.74) is 4.58. The molecule has 1 aliphatic rings. The number of anilines is 1. The third-order valence-electron chi connectivity index (χ3n) is 5.53. The normalized spacial score (nSPS) is 14.5. The lowest BCUT2D eigenvalue weighted by molar-refractivity contribution is -0.384. The van der Waals surface area contributed by atoms with Crippen LogP contribution in [-0.2, 0) is 4.79 Å². The third kappa shape index (κ3) is 4.16. The van der Waals surface area contributed by atoms with E-state index in [0.29, 0.717) is 28.1 Å². The highest BCUT2D eigenvalue weighted by molar-refractivity contribution is 6.23. The molecule has 164 valence electrons. The minimum Gasteiger partial charge on any atom is -0.478 e. The summed E-state index contributed by atoms with van der Waals surface area (Å²) >= 11 is 0. The number of carbonyl (C=O) groups is 2. The van der Waals surface area contributed by atoms with Crippen LogP contribution in [-0.4, -0.2) is 21.9 Å². The number of carbonyl (C=O) groups excluding carboxylic acids is 1. The van der Waals surface area contributed by atoms with E-state index in [4.69, 9.17) is 0 Å². The summed E-state index contributed by atoms with van der Waals surface area (Å²) in [6.07, 6.45) is 3.41. The predicted molar refractivity (Wildman–Crippen MR) is 126 cm³/mol. The number of nitrogens with zero attached hydrogens (tertiary/aromatic N) is 2. The maximum atomic E-state index is 13.5. The monoisotopic (exact) mass is 440 g/mol. The van der Waals surface area contributed by atoms with Crippen molar-refractivity contribution in [2.24, 2.45) is 0 Å². The number of non-ortho nitro benzene ring substituents is 1. The van der Waals surface area contributed by atoms with Gasteiger partial charge in [0.2, 0.25) is 0 Å². The van der Waals surface area contributed by atoms with Crippen LogP contribution in [0, 0.1) is 24.0 Å². The Kier molecular flexibility index (Phi) is 5.62. The molecule has 7 nitrogen and oxygen atoms in total. The van der Waals surface area contributed by atoms with Crippen molar-refractivity contribution < 1.29 is 19.6 Å². The molecule has 4 rings (SSSR count). The molecule has 7 heteroatoms. The second kappa shape index (κ2) is 8.55. The largest absolute Gasteiger partial charge is 0.478 e. The molecular weight excluding hydrogens is 420 g/mol. The first-order valence-corrected chi connectivity index (χ1v) is 10.2. The molecule has 1 aliphatic heterocycles. The van der Waals surface area contributed by atoms with Gasteiger partial charge in [-0.3, -0.25) is 19.8 Å². The average molecular weight is 440 g/mol. The van der Waals surface area contributed by atoms with Crippen LogP contribution in [0.25, 0.3) is 11.8 Å². The highest BCUT2D eigenvalue weighted by Gasteiger charge is 2.32. The van der Waals surface area contributed by atoms with Crippen molar-refractivity contribution in [3.8, 4) is 0 Å². The fourth-order valence-electron chi connectivity index (χ4n) is 3.76. The Morgan fingerprint density at radius 1 is 1.00 bits per heavy atom. The number of amides is 1. The van der Waals surface area contributed by atoms with Crippen LogP contribution in [0.1, 0.15) is 32.6 Å². The molecule has 0 aliphatic carbocycles. The Bertz CT molecular complexity index is 1340. The summed E-state index contributed by atoms with van der Waals surface area (Å²) in [5.74, 6) is -1.38. The Hall–Kier alpha value is -4.52. The van der Waals surface area contributed by atoms with Crippen LogP contribution in [0.3, 0.4) is 0 Å². The molecule has 0 unspecified atom stereocenters. The Morgan fingerprint density at radius 2 is 1.67 bits per heavy atom. The van der Waals surface area contributed by atoms with Crippen LogP contribution >= 0.6 is 0 Å². The fourth-order valence-corrected chi connectivity index (χ4v) is 3.76. The number of benzene rings is 3. The second-order valence-corrected chi connectivity index (χ2v) is 7.74. The quantitative estimate of drug-likeness (QED) is 0.326. The van der Waals surface area contributed by atoms with Gasteiger partial charge < -0.3 is 5.11 Å². The minimum atomic E-state index is -1.07. The zero-order valence-electron chi connectivity index (χ0n) is 18.0. The van der Waals surface area contributed by atoms with Gasteiger partial charge in [-0.1, -0.05) is 35.9 Å². The number of hydrogen-bond donors (Lipinski definition) is 1. The lowest BCUT2D eigenvalue weighted by atomic mass is 10.0. The predicted octanol–water partition coefficient (Wildman–Crippen LogP) is 5.38. The molecule has 3 aromatic carbocycles. The van der Waals surface area contributed by atoms with E-state index >= 15 is 0 Å². The van der Waals surface area contributed by atoms with E-state index in [-0.39, 0.29) is 17.2 Å². The van der Waals surface area contributed by atoms with Gasteiger partial charge in [0, 0.05) is 17.7 Å². The topological polar surface area (TPSA) is 101 Å². The van der Waals surface area contributed by atoms with E-state index in [1.54, 1.807) is 43.3 Å². The number of hydrogen-bond acceptors (Lipinski definition) is 4. The molecule has 0 saturated heterocycles. The molecule has 1 amide bonds. The number of aryl methyl sites for hydroxylation is 1. The van der Waals surface area contributed by atoms with Crippen LogP contribution in [0.5, 0.6) is 0 Å². The molecule has 0 radical (unpaired) electrons. The first-order chi connectivity index (χ1) is 15.8. The van der Waals surface area contributed by atoms with Crippen LogP contribution in [0.15, 0.2) is 78.4 Å². The zero-order chi connectivity index (χ0) is 23.7. The summed E-state index contributed by atoms with van der Waals surface area (Å²) in [6, 6.07) is 18.5. The molecule has 0 fully saturated rings. The van der Waals surface area contributed by atoms with E-state index in [9.17, 15) is 24.8 Å². The molecule has 3 aromatic rings. The molecule has 1 heterocycles. The molecule has 0 atom stereocenters.